The van der Waals surface area contributed by atoms with Crippen molar-refractivity contribution in [2.45, 2.75) is 13.0 Å². The summed E-state index contributed by atoms with van der Waals surface area (Å²) in [6, 6.07) is 8.32. The zero-order valence-corrected chi connectivity index (χ0v) is 12.1. The van der Waals surface area contributed by atoms with Gasteiger partial charge in [-0.15, -0.1) is 0 Å². The number of aryl methyl sites for hydroxylation is 1. The summed E-state index contributed by atoms with van der Waals surface area (Å²) in [5, 5.41) is 0. The smallest absolute Gasteiger partial charge is 0.151 e. The van der Waals surface area contributed by atoms with Gasteiger partial charge in [-0.3, -0.25) is 0 Å². The molecule has 0 bridgehead atoms. The maximum absolute atomic E-state index is 5.94. The van der Waals surface area contributed by atoms with E-state index in [1.807, 2.05) is 31.2 Å². The summed E-state index contributed by atoms with van der Waals surface area (Å²) in [4.78, 5) is 14.1. The van der Waals surface area contributed by atoms with Crippen molar-refractivity contribution in [3.63, 3.8) is 0 Å². The van der Waals surface area contributed by atoms with Gasteiger partial charge in [0.25, 0.3) is 0 Å². The Kier molecular flexibility index (Phi) is 3.54. The number of hydrogen-bond donors (Lipinski definition) is 1. The quantitative estimate of drug-likeness (QED) is 0.883. The minimum absolute atomic E-state index is 0.308. The molecule has 5 nitrogen and oxygen atoms in total. The first-order chi connectivity index (χ1) is 9.69. The van der Waals surface area contributed by atoms with Crippen molar-refractivity contribution >= 4 is 16.9 Å². The third kappa shape index (κ3) is 2.34. The molecule has 2 aromatic rings. The summed E-state index contributed by atoms with van der Waals surface area (Å²) < 4.78 is 0. The van der Waals surface area contributed by atoms with Crippen LogP contribution in [-0.2, 0) is 0 Å². The van der Waals surface area contributed by atoms with Crippen LogP contribution in [0.5, 0.6) is 0 Å². The molecule has 0 radical (unpaired) electrons. The molecule has 20 heavy (non-hydrogen) atoms. The Morgan fingerprint density at radius 1 is 1.20 bits per heavy atom. The summed E-state index contributed by atoms with van der Waals surface area (Å²) in [5.74, 6) is 0.979. The lowest BCUT2D eigenvalue weighted by Gasteiger charge is -2.40. The van der Waals surface area contributed by atoms with E-state index in [0.717, 1.165) is 42.2 Å². The highest BCUT2D eigenvalue weighted by Gasteiger charge is 2.26. The lowest BCUT2D eigenvalue weighted by molar-refractivity contribution is 0.268. The van der Waals surface area contributed by atoms with Crippen molar-refractivity contribution in [1.29, 1.82) is 0 Å². The molecule has 2 heterocycles. The lowest BCUT2D eigenvalue weighted by Crippen LogP contribution is -2.55. The van der Waals surface area contributed by atoms with E-state index < -0.39 is 0 Å². The molecule has 1 aromatic heterocycles. The van der Waals surface area contributed by atoms with Gasteiger partial charge in [-0.1, -0.05) is 12.1 Å². The fraction of sp³-hybridized carbons (Fsp3) is 0.467. The number of hydrogen-bond acceptors (Lipinski definition) is 5. The number of anilines is 1. The predicted octanol–water partition coefficient (Wildman–Crippen LogP) is 1.02. The number of nitrogens with zero attached hydrogens (tertiary/aromatic N) is 4. The highest BCUT2D eigenvalue weighted by molar-refractivity contribution is 5.76. The normalized spacial score (nSPS) is 20.6. The second-order valence-electron chi connectivity index (χ2n) is 5.47. The van der Waals surface area contributed by atoms with Crippen LogP contribution in [0.4, 0.5) is 5.82 Å². The number of para-hydroxylation sites is 2. The minimum Gasteiger partial charge on any atom is -0.348 e. The van der Waals surface area contributed by atoms with Gasteiger partial charge in [-0.25, -0.2) is 9.97 Å². The zero-order chi connectivity index (χ0) is 14.1. The Balaban J connectivity index is 2.02. The topological polar surface area (TPSA) is 58.3 Å². The first-order valence-electron chi connectivity index (χ1n) is 7.07. The number of rotatable bonds is 2. The highest BCUT2D eigenvalue weighted by Crippen LogP contribution is 2.23. The van der Waals surface area contributed by atoms with E-state index in [-0.39, 0.29) is 0 Å². The van der Waals surface area contributed by atoms with E-state index in [9.17, 15) is 0 Å². The Bertz CT molecular complexity index is 612. The summed E-state index contributed by atoms with van der Waals surface area (Å²) in [6.45, 7) is 5.63. The molecule has 2 N–H and O–H groups in total. The third-order valence-corrected chi connectivity index (χ3v) is 3.95. The fourth-order valence-corrected chi connectivity index (χ4v) is 2.84. The number of aromatic nitrogens is 2. The van der Waals surface area contributed by atoms with Crippen molar-refractivity contribution in [2.24, 2.45) is 5.73 Å². The molecular weight excluding hydrogens is 250 g/mol. The van der Waals surface area contributed by atoms with Crippen LogP contribution in [0.3, 0.4) is 0 Å². The average molecular weight is 271 g/mol. The van der Waals surface area contributed by atoms with Gasteiger partial charge in [0.2, 0.25) is 0 Å². The fourth-order valence-electron chi connectivity index (χ4n) is 2.84. The summed E-state index contributed by atoms with van der Waals surface area (Å²) in [5.41, 5.74) is 8.82. The largest absolute Gasteiger partial charge is 0.348 e. The number of piperazine rings is 1. The van der Waals surface area contributed by atoms with Gasteiger partial charge in [0, 0.05) is 26.2 Å². The number of fused-ring (bicyclic) bond motifs is 1. The molecule has 1 atom stereocenters. The van der Waals surface area contributed by atoms with Crippen molar-refractivity contribution in [2.75, 3.05) is 38.1 Å². The molecule has 3 rings (SSSR count). The van der Waals surface area contributed by atoms with Crippen LogP contribution in [0.15, 0.2) is 24.3 Å². The van der Waals surface area contributed by atoms with Gasteiger partial charge in [-0.05, 0) is 26.1 Å². The summed E-state index contributed by atoms with van der Waals surface area (Å²) in [7, 11) is 2.14. The van der Waals surface area contributed by atoms with E-state index in [1.54, 1.807) is 0 Å². The molecular formula is C15H21N5. The summed E-state index contributed by atoms with van der Waals surface area (Å²) in [6.07, 6.45) is 0. The first-order valence-corrected chi connectivity index (χ1v) is 7.07. The van der Waals surface area contributed by atoms with Crippen LogP contribution in [-0.4, -0.2) is 54.1 Å². The molecule has 1 aliphatic rings. The van der Waals surface area contributed by atoms with Gasteiger partial charge in [0.05, 0.1) is 22.8 Å². The molecule has 0 spiro atoms. The van der Waals surface area contributed by atoms with Gasteiger partial charge in [0.1, 0.15) is 0 Å². The van der Waals surface area contributed by atoms with Gasteiger partial charge in [0.15, 0.2) is 5.82 Å². The van der Waals surface area contributed by atoms with Crippen LogP contribution >= 0.6 is 0 Å². The Morgan fingerprint density at radius 3 is 2.60 bits per heavy atom. The molecule has 1 aromatic carbocycles. The Hall–Kier alpha value is -1.72. The molecule has 0 saturated carbocycles. The van der Waals surface area contributed by atoms with E-state index in [4.69, 9.17) is 10.7 Å². The maximum Gasteiger partial charge on any atom is 0.151 e. The summed E-state index contributed by atoms with van der Waals surface area (Å²) >= 11 is 0. The van der Waals surface area contributed by atoms with Crippen LogP contribution in [0.2, 0.25) is 0 Å². The van der Waals surface area contributed by atoms with Crippen LogP contribution in [0.1, 0.15) is 5.69 Å². The van der Waals surface area contributed by atoms with Crippen molar-refractivity contribution in [3.8, 4) is 0 Å². The molecule has 1 unspecified atom stereocenters. The van der Waals surface area contributed by atoms with E-state index in [0.29, 0.717) is 12.6 Å². The van der Waals surface area contributed by atoms with Gasteiger partial charge >= 0.3 is 0 Å². The average Bonchev–Trinajstić information content (AvgIpc) is 2.46. The second-order valence-corrected chi connectivity index (χ2v) is 5.47. The predicted molar refractivity (Wildman–Crippen MR) is 82.0 cm³/mol. The molecule has 1 fully saturated rings. The molecule has 1 saturated heterocycles. The lowest BCUT2D eigenvalue weighted by atomic mass is 10.1. The van der Waals surface area contributed by atoms with Crippen LogP contribution in [0.25, 0.3) is 11.0 Å². The third-order valence-electron chi connectivity index (χ3n) is 3.95. The number of likely N-dealkylation sites (N-methyl/N-ethyl adjacent to an activating group) is 1. The van der Waals surface area contributed by atoms with Crippen LogP contribution in [0, 0.1) is 6.92 Å². The van der Waals surface area contributed by atoms with Crippen molar-refractivity contribution < 1.29 is 0 Å². The zero-order valence-electron chi connectivity index (χ0n) is 12.1. The molecule has 0 amide bonds. The maximum atomic E-state index is 5.94. The van der Waals surface area contributed by atoms with E-state index in [2.05, 4.69) is 21.8 Å². The Morgan fingerprint density at radius 2 is 1.90 bits per heavy atom. The van der Waals surface area contributed by atoms with E-state index in [1.165, 1.54) is 0 Å². The monoisotopic (exact) mass is 271 g/mol. The molecule has 0 aliphatic carbocycles. The molecule has 1 aliphatic heterocycles. The molecule has 106 valence electrons. The van der Waals surface area contributed by atoms with Crippen molar-refractivity contribution in [3.05, 3.63) is 30.0 Å². The van der Waals surface area contributed by atoms with Crippen LogP contribution < -0.4 is 10.6 Å². The van der Waals surface area contributed by atoms with Gasteiger partial charge < -0.3 is 15.5 Å². The SMILES string of the molecule is Cc1nc2ccccc2nc1N1CCN(C)CC1CN. The Labute approximate surface area is 119 Å². The van der Waals surface area contributed by atoms with Crippen molar-refractivity contribution in [1.82, 2.24) is 14.9 Å². The van der Waals surface area contributed by atoms with Gasteiger partial charge in [-0.2, -0.15) is 0 Å². The minimum atomic E-state index is 0.308. The number of nitrogens with two attached hydrogens (primary N) is 1. The van der Waals surface area contributed by atoms with E-state index >= 15 is 0 Å². The number of benzene rings is 1. The standard InChI is InChI=1S/C15H21N5/c1-11-15(18-14-6-4-3-5-13(14)17-11)20-8-7-19(2)10-12(20)9-16/h3-6,12H,7-10,16H2,1-2H3. The highest BCUT2D eigenvalue weighted by atomic mass is 15.3. The first kappa shape index (κ1) is 13.3. The second kappa shape index (κ2) is 5.34. The molecule has 5 heteroatoms.